The van der Waals surface area contributed by atoms with Gasteiger partial charge in [0.1, 0.15) is 6.10 Å². The van der Waals surface area contributed by atoms with Crippen LogP contribution in [0.25, 0.3) is 10.9 Å². The summed E-state index contributed by atoms with van der Waals surface area (Å²) in [7, 11) is 3.38. The van der Waals surface area contributed by atoms with Gasteiger partial charge in [-0.05, 0) is 29.8 Å². The number of hydrogen-bond donors (Lipinski definition) is 1. The number of carbonyl (C=O) groups excluding carboxylic acids is 1. The molecule has 146 valence electrons. The van der Waals surface area contributed by atoms with Crippen LogP contribution in [0.1, 0.15) is 29.5 Å². The average Bonchev–Trinajstić information content (AvgIpc) is 3.11. The van der Waals surface area contributed by atoms with Crippen molar-refractivity contribution in [3.8, 4) is 0 Å². The van der Waals surface area contributed by atoms with Crippen LogP contribution in [0.4, 0.5) is 0 Å². The van der Waals surface area contributed by atoms with E-state index in [0.717, 1.165) is 42.8 Å². The molecule has 0 unspecified atom stereocenters. The predicted molar refractivity (Wildman–Crippen MR) is 106 cm³/mol. The van der Waals surface area contributed by atoms with E-state index in [4.69, 9.17) is 0 Å². The van der Waals surface area contributed by atoms with Gasteiger partial charge in [0.15, 0.2) is 0 Å². The van der Waals surface area contributed by atoms with E-state index in [0.29, 0.717) is 5.69 Å². The third-order valence-corrected chi connectivity index (χ3v) is 5.18. The molecule has 0 saturated heterocycles. The van der Waals surface area contributed by atoms with Gasteiger partial charge in [-0.3, -0.25) is 19.4 Å². The molecule has 4 rings (SSSR count). The van der Waals surface area contributed by atoms with Crippen LogP contribution in [-0.2, 0) is 24.4 Å². The molecular weight excluding hydrogens is 354 g/mol. The quantitative estimate of drug-likeness (QED) is 0.734. The number of carbonyl (C=O) groups is 1. The Hall–Kier alpha value is -2.77. The largest absolute Gasteiger partial charge is 0.386 e. The average molecular weight is 379 g/mol. The van der Waals surface area contributed by atoms with Crippen molar-refractivity contribution in [1.29, 1.82) is 0 Å². The Labute approximate surface area is 164 Å². The number of aliphatic hydroxyl groups is 1. The number of aliphatic hydroxyl groups excluding tert-OH is 1. The van der Waals surface area contributed by atoms with Gasteiger partial charge in [0, 0.05) is 45.3 Å². The smallest absolute Gasteiger partial charge is 0.225 e. The molecule has 1 atom stereocenters. The molecule has 1 aliphatic heterocycles. The van der Waals surface area contributed by atoms with Crippen LogP contribution < -0.4 is 0 Å². The lowest BCUT2D eigenvalue weighted by Crippen LogP contribution is -2.33. The van der Waals surface area contributed by atoms with E-state index in [9.17, 15) is 9.90 Å². The van der Waals surface area contributed by atoms with E-state index >= 15 is 0 Å². The molecule has 7 heteroatoms. The van der Waals surface area contributed by atoms with Crippen molar-refractivity contribution in [2.45, 2.75) is 32.2 Å². The van der Waals surface area contributed by atoms with Crippen molar-refractivity contribution in [3.05, 3.63) is 59.5 Å². The lowest BCUT2D eigenvalue weighted by molar-refractivity contribution is -0.130. The molecule has 1 aliphatic rings. The second kappa shape index (κ2) is 7.69. The first-order valence-corrected chi connectivity index (χ1v) is 9.50. The Kier molecular flexibility index (Phi) is 5.11. The zero-order valence-electron chi connectivity index (χ0n) is 16.2. The number of amides is 1. The number of fused-ring (bicyclic) bond motifs is 2. The molecule has 0 radical (unpaired) electrons. The van der Waals surface area contributed by atoms with Crippen LogP contribution >= 0.6 is 0 Å². The van der Waals surface area contributed by atoms with Crippen molar-refractivity contribution < 1.29 is 9.90 Å². The number of nitrogens with zero attached hydrogens (tertiary/aromatic N) is 5. The third-order valence-electron chi connectivity index (χ3n) is 5.18. The summed E-state index contributed by atoms with van der Waals surface area (Å²) in [6.07, 6.45) is 0.999. The summed E-state index contributed by atoms with van der Waals surface area (Å²) in [5, 5.41) is 16.0. The highest BCUT2D eigenvalue weighted by Crippen LogP contribution is 2.22. The zero-order chi connectivity index (χ0) is 19.7. The molecule has 0 spiro atoms. The maximum Gasteiger partial charge on any atom is 0.225 e. The summed E-state index contributed by atoms with van der Waals surface area (Å²) in [4.78, 5) is 20.1. The summed E-state index contributed by atoms with van der Waals surface area (Å²) in [6, 6.07) is 12.3. The van der Waals surface area contributed by atoms with Gasteiger partial charge < -0.3 is 10.0 Å². The van der Waals surface area contributed by atoms with Crippen LogP contribution in [0, 0.1) is 0 Å². The van der Waals surface area contributed by atoms with Crippen LogP contribution in [-0.4, -0.2) is 56.2 Å². The molecular formula is C21H25N5O2. The normalized spacial score (nSPS) is 15.4. The fourth-order valence-electron chi connectivity index (χ4n) is 3.57. The van der Waals surface area contributed by atoms with Gasteiger partial charge in [0.05, 0.1) is 29.9 Å². The van der Waals surface area contributed by atoms with Crippen molar-refractivity contribution >= 4 is 16.8 Å². The lowest BCUT2D eigenvalue weighted by atomic mass is 10.1. The van der Waals surface area contributed by atoms with Gasteiger partial charge in [-0.15, -0.1) is 0 Å². The maximum absolute atomic E-state index is 11.8. The van der Waals surface area contributed by atoms with Gasteiger partial charge in [-0.1, -0.05) is 12.1 Å². The molecule has 1 N–H and O–H groups in total. The molecule has 1 amide bonds. The Morgan fingerprint density at radius 3 is 2.93 bits per heavy atom. The molecule has 1 aromatic carbocycles. The summed E-state index contributed by atoms with van der Waals surface area (Å²) >= 11 is 0. The summed E-state index contributed by atoms with van der Waals surface area (Å²) in [5.41, 5.74) is 3.91. The highest BCUT2D eigenvalue weighted by Gasteiger charge is 2.23. The highest BCUT2D eigenvalue weighted by atomic mass is 16.3. The topological polar surface area (TPSA) is 74.5 Å². The van der Waals surface area contributed by atoms with E-state index in [1.54, 1.807) is 14.1 Å². The summed E-state index contributed by atoms with van der Waals surface area (Å²) in [6.45, 7) is 3.30. The first kappa shape index (κ1) is 18.6. The van der Waals surface area contributed by atoms with Gasteiger partial charge in [0.2, 0.25) is 5.91 Å². The number of rotatable bonds is 5. The van der Waals surface area contributed by atoms with Gasteiger partial charge in [-0.2, -0.15) is 5.10 Å². The zero-order valence-corrected chi connectivity index (χ0v) is 16.2. The number of hydrogen-bond acceptors (Lipinski definition) is 5. The van der Waals surface area contributed by atoms with Crippen molar-refractivity contribution in [3.63, 3.8) is 0 Å². The molecule has 0 saturated carbocycles. The maximum atomic E-state index is 11.8. The predicted octanol–water partition coefficient (Wildman–Crippen LogP) is 1.96. The fraction of sp³-hybridized carbons (Fsp3) is 0.381. The summed E-state index contributed by atoms with van der Waals surface area (Å²) in [5.74, 6) is -0.106. The first-order valence-electron chi connectivity index (χ1n) is 9.50. The minimum absolute atomic E-state index is 0.0539. The van der Waals surface area contributed by atoms with Crippen LogP contribution in [0.2, 0.25) is 0 Å². The molecule has 3 heterocycles. The summed E-state index contributed by atoms with van der Waals surface area (Å²) < 4.78 is 1.94. The molecule has 0 aliphatic carbocycles. The fourth-order valence-corrected chi connectivity index (χ4v) is 3.57. The number of pyridine rings is 1. The molecule has 2 aromatic heterocycles. The van der Waals surface area contributed by atoms with Crippen LogP contribution in [0.5, 0.6) is 0 Å². The molecule has 28 heavy (non-hydrogen) atoms. The van der Waals surface area contributed by atoms with Crippen LogP contribution in [0.3, 0.4) is 0 Å². The Morgan fingerprint density at radius 2 is 2.11 bits per heavy atom. The lowest BCUT2D eigenvalue weighted by Gasteiger charge is -2.27. The molecule has 0 fully saturated rings. The number of aromatic nitrogens is 3. The van der Waals surface area contributed by atoms with Gasteiger partial charge >= 0.3 is 0 Å². The van der Waals surface area contributed by atoms with Gasteiger partial charge in [0.25, 0.3) is 0 Å². The number of benzene rings is 1. The Morgan fingerprint density at radius 1 is 1.25 bits per heavy atom. The minimum atomic E-state index is -0.866. The third kappa shape index (κ3) is 3.90. The van der Waals surface area contributed by atoms with E-state index < -0.39 is 6.10 Å². The van der Waals surface area contributed by atoms with Crippen molar-refractivity contribution in [2.75, 3.05) is 20.6 Å². The van der Waals surface area contributed by atoms with E-state index in [2.05, 4.69) is 39.2 Å². The molecule has 3 aromatic rings. The van der Waals surface area contributed by atoms with Crippen LogP contribution in [0.15, 0.2) is 42.6 Å². The highest BCUT2D eigenvalue weighted by molar-refractivity contribution is 5.78. The van der Waals surface area contributed by atoms with E-state index in [-0.39, 0.29) is 12.3 Å². The first-order chi connectivity index (χ1) is 13.5. The monoisotopic (exact) mass is 379 g/mol. The second-order valence-electron chi connectivity index (χ2n) is 7.53. The SMILES string of the molecule is CN(C)C(=O)C[C@H](O)c1cc2n(n1)CCN(Cc1ccc3ncccc3c1)C2. The van der Waals surface area contributed by atoms with E-state index in [1.165, 1.54) is 10.5 Å². The molecule has 0 bridgehead atoms. The molecule has 7 nitrogen and oxygen atoms in total. The second-order valence-corrected chi connectivity index (χ2v) is 7.53. The van der Waals surface area contributed by atoms with Gasteiger partial charge in [-0.25, -0.2) is 0 Å². The Balaban J connectivity index is 1.44. The van der Waals surface area contributed by atoms with Crippen molar-refractivity contribution in [2.24, 2.45) is 0 Å². The Bertz CT molecular complexity index is 997. The minimum Gasteiger partial charge on any atom is -0.386 e. The van der Waals surface area contributed by atoms with E-state index in [1.807, 2.05) is 23.0 Å². The standard InChI is InChI=1S/C21H25N5O2/c1-24(2)21(28)12-20(27)19-11-17-14-25(8-9-26(17)23-19)13-15-5-6-18-16(10-15)4-3-7-22-18/h3-7,10-11,20,27H,8-9,12-14H2,1-2H3/t20-/m0/s1. The van der Waals surface area contributed by atoms with Crippen molar-refractivity contribution in [1.82, 2.24) is 24.6 Å².